The minimum Gasteiger partial charge on any atom is -0.415 e. The highest BCUT2D eigenvalue weighted by Crippen LogP contribution is 2.33. The van der Waals surface area contributed by atoms with Crippen LogP contribution in [0.25, 0.3) is 0 Å². The van der Waals surface area contributed by atoms with Gasteiger partial charge < -0.3 is 49.4 Å². The third-order valence-corrected chi connectivity index (χ3v) is 52.1. The molecular formula is C22H56O12Si12. The first kappa shape index (κ1) is 42.5. The van der Waals surface area contributed by atoms with Gasteiger partial charge in [-0.15, -0.1) is 0 Å². The maximum atomic E-state index is 6.77. The molecule has 0 saturated carbocycles. The van der Waals surface area contributed by atoms with Crippen LogP contribution < -0.4 is 0 Å². The molecule has 24 heteroatoms. The van der Waals surface area contributed by atoms with Crippen molar-refractivity contribution in [2.24, 2.45) is 0 Å². The van der Waals surface area contributed by atoms with Crippen LogP contribution in [-0.2, 0) is 49.4 Å². The molecule has 3 heterocycles. The molecule has 0 aromatic heterocycles. The highest BCUT2D eigenvalue weighted by atomic mass is 29.3. The lowest BCUT2D eigenvalue weighted by molar-refractivity contribution is 0.238. The first-order chi connectivity index (χ1) is 21.4. The van der Waals surface area contributed by atoms with Gasteiger partial charge in [0.05, 0.1) is 0 Å². The van der Waals surface area contributed by atoms with Gasteiger partial charge in [-0.25, -0.2) is 0 Å². The topological polar surface area (TPSA) is 111 Å². The first-order valence-corrected chi connectivity index (χ1v) is 41.6. The summed E-state index contributed by atoms with van der Waals surface area (Å²) in [7, 11) is -22.1. The molecular weight excluding hydrogens is 793 g/mol. The number of unbranched alkanes of at least 4 members (excludes halogenated alkanes) is 7. The van der Waals surface area contributed by atoms with Gasteiger partial charge >= 0.3 is 108 Å². The molecule has 3 rings (SSSR count). The van der Waals surface area contributed by atoms with E-state index in [1.54, 1.807) is 0 Å². The number of hydrogen-bond acceptors (Lipinski definition) is 12. The van der Waals surface area contributed by atoms with E-state index >= 15 is 0 Å². The standard InChI is InChI=1S/C22H56O12Si12/c1-35-23-37(3)27-43(9,28-38(4)24-35)21-19-17-15-13-14-16-18-20-22-44(10)29-41(7)33-46(12,34-42(8)30-44)45(11)31-39(5)25-36(2)26-40(6)32-45/h13-22H2,1-12H3. The average molecular weight is 850 g/mol. The molecule has 3 aliphatic heterocycles. The third-order valence-electron chi connectivity index (χ3n) is 7.78. The van der Waals surface area contributed by atoms with Crippen molar-refractivity contribution in [1.82, 2.24) is 0 Å². The zero-order valence-corrected chi connectivity index (χ0v) is 42.0. The Balaban J connectivity index is 1.37. The molecule has 264 valence electrons. The summed E-state index contributed by atoms with van der Waals surface area (Å²) in [6.45, 7) is 24.8. The quantitative estimate of drug-likeness (QED) is 0.179. The average Bonchev–Trinajstić information content (AvgIpc) is 2.86. The lowest BCUT2D eigenvalue weighted by atomic mass is 10.1. The van der Waals surface area contributed by atoms with E-state index in [0.717, 1.165) is 24.9 Å². The van der Waals surface area contributed by atoms with Crippen LogP contribution in [0.1, 0.15) is 51.4 Å². The minimum absolute atomic E-state index is 0.954. The summed E-state index contributed by atoms with van der Waals surface area (Å²) < 4.78 is 76.9. The van der Waals surface area contributed by atoms with Gasteiger partial charge in [-0.2, -0.15) is 0 Å². The second-order valence-electron chi connectivity index (χ2n) is 12.6. The van der Waals surface area contributed by atoms with E-state index in [4.69, 9.17) is 49.4 Å². The molecule has 0 N–H and O–H groups in total. The van der Waals surface area contributed by atoms with E-state index < -0.39 is 108 Å². The molecule has 0 unspecified atom stereocenters. The van der Waals surface area contributed by atoms with E-state index in [1.165, 1.54) is 38.5 Å². The van der Waals surface area contributed by atoms with Crippen LogP contribution >= 0.6 is 0 Å². The Morgan fingerprint density at radius 1 is 0.304 bits per heavy atom. The molecule has 3 fully saturated rings. The van der Waals surface area contributed by atoms with Crippen molar-refractivity contribution in [2.45, 2.75) is 142 Å². The summed E-state index contributed by atoms with van der Waals surface area (Å²) in [5.74, 6) is 0. The predicted molar refractivity (Wildman–Crippen MR) is 199 cm³/mol. The van der Waals surface area contributed by atoms with Crippen molar-refractivity contribution in [1.29, 1.82) is 0 Å². The Morgan fingerprint density at radius 3 is 0.870 bits per heavy atom. The van der Waals surface area contributed by atoms with E-state index in [2.05, 4.69) is 52.4 Å². The van der Waals surface area contributed by atoms with Crippen molar-refractivity contribution in [3.63, 3.8) is 0 Å². The second kappa shape index (κ2) is 19.3. The van der Waals surface area contributed by atoms with Gasteiger partial charge in [0.2, 0.25) is 0 Å². The van der Waals surface area contributed by atoms with Crippen LogP contribution in [0, 0.1) is 0 Å². The van der Waals surface area contributed by atoms with E-state index in [0.29, 0.717) is 0 Å². The van der Waals surface area contributed by atoms with Crippen LogP contribution in [0.15, 0.2) is 0 Å². The molecule has 0 spiro atoms. The SMILES string of the molecule is C[Si]1O[Si](C)O[Si](C)(CCCCCCCCCC[Si]2(C)O[Si](C)O[Si](C)([Si]3(C)O[Si](C)O[Si](C)O[Si](C)O3)O[Si](C)O2)O[Si](C)O1. The van der Waals surface area contributed by atoms with Crippen LogP contribution in [0.2, 0.25) is 90.7 Å². The van der Waals surface area contributed by atoms with E-state index in [1.807, 2.05) is 26.2 Å². The maximum absolute atomic E-state index is 6.77. The lowest BCUT2D eigenvalue weighted by Gasteiger charge is -2.47. The predicted octanol–water partition coefficient (Wildman–Crippen LogP) is 5.66. The summed E-state index contributed by atoms with van der Waals surface area (Å²) in [5, 5.41) is 0. The Kier molecular flexibility index (Phi) is 17.8. The Bertz CT molecular complexity index is 878. The summed E-state index contributed by atoms with van der Waals surface area (Å²) in [6.07, 6.45) is 9.66. The van der Waals surface area contributed by atoms with Crippen LogP contribution in [0.4, 0.5) is 0 Å². The van der Waals surface area contributed by atoms with Crippen LogP contribution in [0.3, 0.4) is 0 Å². The van der Waals surface area contributed by atoms with Crippen molar-refractivity contribution in [3.8, 4) is 0 Å². The summed E-state index contributed by atoms with van der Waals surface area (Å²) in [5.41, 5.74) is 0. The second-order valence-corrected chi connectivity index (χ2v) is 45.1. The third kappa shape index (κ3) is 13.9. The van der Waals surface area contributed by atoms with Gasteiger partial charge in [0.25, 0.3) is 0 Å². The van der Waals surface area contributed by atoms with Crippen molar-refractivity contribution >= 4 is 108 Å². The summed E-state index contributed by atoms with van der Waals surface area (Å²) in [6, 6.07) is 1.97. The molecule has 3 saturated heterocycles. The molecule has 0 aliphatic carbocycles. The summed E-state index contributed by atoms with van der Waals surface area (Å²) >= 11 is 0. The van der Waals surface area contributed by atoms with Gasteiger partial charge in [-0.3, -0.25) is 0 Å². The molecule has 0 bridgehead atoms. The van der Waals surface area contributed by atoms with E-state index in [9.17, 15) is 0 Å². The fourth-order valence-electron chi connectivity index (χ4n) is 5.90. The van der Waals surface area contributed by atoms with Gasteiger partial charge in [-0.1, -0.05) is 51.4 Å². The fraction of sp³-hybridized carbons (Fsp3) is 1.00. The normalized spacial score (nSPS) is 31.6. The van der Waals surface area contributed by atoms with Crippen molar-refractivity contribution < 1.29 is 49.4 Å². The zero-order valence-electron chi connectivity index (χ0n) is 30.0. The smallest absolute Gasteiger partial charge is 0.362 e. The molecule has 12 nitrogen and oxygen atoms in total. The Labute approximate surface area is 297 Å². The van der Waals surface area contributed by atoms with Crippen molar-refractivity contribution in [2.75, 3.05) is 0 Å². The highest BCUT2D eigenvalue weighted by Gasteiger charge is 2.63. The van der Waals surface area contributed by atoms with Crippen molar-refractivity contribution in [3.05, 3.63) is 0 Å². The number of hydrogen-bond donors (Lipinski definition) is 0. The molecule has 0 aromatic rings. The fourth-order valence-corrected chi connectivity index (χ4v) is 55.6. The Morgan fingerprint density at radius 2 is 0.543 bits per heavy atom. The molecule has 0 aromatic carbocycles. The lowest BCUT2D eigenvalue weighted by Crippen LogP contribution is -2.74. The Hall–Kier alpha value is 2.12. The largest absolute Gasteiger partial charge is 0.415 e. The summed E-state index contributed by atoms with van der Waals surface area (Å²) in [4.78, 5) is 0. The van der Waals surface area contributed by atoms with Gasteiger partial charge in [0.15, 0.2) is 0 Å². The minimum atomic E-state index is -2.94. The van der Waals surface area contributed by atoms with Crippen LogP contribution in [0.5, 0.6) is 0 Å². The number of rotatable bonds is 12. The molecule has 8 radical (unpaired) electrons. The monoisotopic (exact) mass is 848 g/mol. The highest BCUT2D eigenvalue weighted by molar-refractivity contribution is 7.35. The zero-order chi connectivity index (χ0) is 34.2. The maximum Gasteiger partial charge on any atom is 0.362 e. The molecule has 0 atom stereocenters. The van der Waals surface area contributed by atoms with Crippen LogP contribution in [-0.4, -0.2) is 108 Å². The molecule has 46 heavy (non-hydrogen) atoms. The molecule has 3 aliphatic rings. The van der Waals surface area contributed by atoms with Gasteiger partial charge in [0, 0.05) is 0 Å². The van der Waals surface area contributed by atoms with Gasteiger partial charge in [0.1, 0.15) is 0 Å². The van der Waals surface area contributed by atoms with Gasteiger partial charge in [-0.05, 0) is 90.7 Å². The van der Waals surface area contributed by atoms with E-state index in [-0.39, 0.29) is 0 Å². The first-order valence-electron chi connectivity index (χ1n) is 16.4. The molecule has 0 amide bonds.